The van der Waals surface area contributed by atoms with Gasteiger partial charge in [-0.15, -0.1) is 0 Å². The molecule has 0 radical (unpaired) electrons. The number of aromatic nitrogens is 5. The predicted molar refractivity (Wildman–Crippen MR) is 193 cm³/mol. The molecule has 0 atom stereocenters. The standard InChI is InChI=1S/C42H28N6/c1-3-36-37(4-2)45-39(38(44-36)33-18-11-13-28(25-33)27-43)34-19-12-20-35(26-34)42-47-40(31-16-9-6-10-17-31)46-41(48-42)32-23-21-30(22-24-32)29-14-7-5-8-15-29/h3-26H,1-2H2. The summed E-state index contributed by atoms with van der Waals surface area (Å²) >= 11 is 0. The van der Waals surface area contributed by atoms with E-state index in [2.05, 4.69) is 43.5 Å². The van der Waals surface area contributed by atoms with E-state index >= 15 is 0 Å². The molecule has 0 aliphatic rings. The van der Waals surface area contributed by atoms with Crippen molar-refractivity contribution in [2.75, 3.05) is 0 Å². The van der Waals surface area contributed by atoms with Gasteiger partial charge < -0.3 is 0 Å². The van der Waals surface area contributed by atoms with Crippen LogP contribution in [0.4, 0.5) is 0 Å². The Balaban J connectivity index is 1.37. The van der Waals surface area contributed by atoms with Crippen molar-refractivity contribution in [1.29, 1.82) is 5.26 Å². The summed E-state index contributed by atoms with van der Waals surface area (Å²) in [5.41, 5.74) is 9.42. The Morgan fingerprint density at radius 2 is 0.833 bits per heavy atom. The van der Waals surface area contributed by atoms with E-state index in [1.54, 1.807) is 18.2 Å². The molecule has 0 aliphatic heterocycles. The van der Waals surface area contributed by atoms with Crippen LogP contribution in [0.1, 0.15) is 17.0 Å². The first-order valence-corrected chi connectivity index (χ1v) is 15.4. The maximum absolute atomic E-state index is 9.58. The van der Waals surface area contributed by atoms with E-state index in [1.807, 2.05) is 103 Å². The lowest BCUT2D eigenvalue weighted by molar-refractivity contribution is 1.07. The lowest BCUT2D eigenvalue weighted by Crippen LogP contribution is -2.02. The predicted octanol–water partition coefficient (Wildman–Crippen LogP) is 9.82. The minimum atomic E-state index is 0.528. The average molecular weight is 617 g/mol. The first kappa shape index (κ1) is 29.8. The zero-order valence-electron chi connectivity index (χ0n) is 26.0. The Bertz CT molecular complexity index is 2320. The molecular weight excluding hydrogens is 589 g/mol. The molecule has 0 fully saturated rings. The van der Waals surface area contributed by atoms with Crippen molar-refractivity contribution in [1.82, 2.24) is 24.9 Å². The minimum Gasteiger partial charge on any atom is -0.244 e. The monoisotopic (exact) mass is 616 g/mol. The summed E-state index contributed by atoms with van der Waals surface area (Å²) in [6, 6.07) is 45.9. The molecule has 0 saturated carbocycles. The van der Waals surface area contributed by atoms with Crippen molar-refractivity contribution in [2.45, 2.75) is 0 Å². The van der Waals surface area contributed by atoms with E-state index in [1.165, 1.54) is 0 Å². The molecule has 0 unspecified atom stereocenters. The van der Waals surface area contributed by atoms with E-state index < -0.39 is 0 Å². The molecule has 5 aromatic carbocycles. The van der Waals surface area contributed by atoms with Crippen LogP contribution in [0.25, 0.3) is 80.0 Å². The highest BCUT2D eigenvalue weighted by Gasteiger charge is 2.18. The van der Waals surface area contributed by atoms with Crippen LogP contribution >= 0.6 is 0 Å². The van der Waals surface area contributed by atoms with E-state index in [4.69, 9.17) is 24.9 Å². The van der Waals surface area contributed by atoms with Crippen LogP contribution in [-0.4, -0.2) is 24.9 Å². The van der Waals surface area contributed by atoms with Gasteiger partial charge in [0.2, 0.25) is 0 Å². The second-order valence-corrected chi connectivity index (χ2v) is 11.0. The van der Waals surface area contributed by atoms with Crippen LogP contribution in [0.5, 0.6) is 0 Å². The molecule has 0 bridgehead atoms. The van der Waals surface area contributed by atoms with Gasteiger partial charge in [0.05, 0.1) is 34.4 Å². The van der Waals surface area contributed by atoms with E-state index in [0.717, 1.165) is 38.9 Å². The Kier molecular flexibility index (Phi) is 8.24. The quantitative estimate of drug-likeness (QED) is 0.169. The van der Waals surface area contributed by atoms with E-state index in [0.29, 0.717) is 45.8 Å². The van der Waals surface area contributed by atoms with Gasteiger partial charge in [0.25, 0.3) is 0 Å². The Labute approximate surface area is 279 Å². The van der Waals surface area contributed by atoms with Crippen molar-refractivity contribution in [3.63, 3.8) is 0 Å². The number of nitrogens with zero attached hydrogens (tertiary/aromatic N) is 6. The van der Waals surface area contributed by atoms with Gasteiger partial charge in [-0.2, -0.15) is 5.26 Å². The van der Waals surface area contributed by atoms with Crippen molar-refractivity contribution < 1.29 is 0 Å². The zero-order valence-corrected chi connectivity index (χ0v) is 26.0. The molecule has 48 heavy (non-hydrogen) atoms. The fourth-order valence-electron chi connectivity index (χ4n) is 5.50. The second kappa shape index (κ2) is 13.3. The number of hydrogen-bond acceptors (Lipinski definition) is 6. The zero-order chi connectivity index (χ0) is 32.9. The topological polar surface area (TPSA) is 88.2 Å². The van der Waals surface area contributed by atoms with Crippen molar-refractivity contribution in [3.05, 3.63) is 164 Å². The summed E-state index contributed by atoms with van der Waals surface area (Å²) < 4.78 is 0. The second-order valence-electron chi connectivity index (χ2n) is 11.0. The summed E-state index contributed by atoms with van der Waals surface area (Å²) in [6.07, 6.45) is 3.33. The third-order valence-electron chi connectivity index (χ3n) is 7.91. The molecule has 0 amide bonds. The van der Waals surface area contributed by atoms with Crippen LogP contribution in [0.2, 0.25) is 0 Å². The van der Waals surface area contributed by atoms with Crippen LogP contribution in [0.3, 0.4) is 0 Å². The molecule has 6 nitrogen and oxygen atoms in total. The van der Waals surface area contributed by atoms with Gasteiger partial charge in [-0.3, -0.25) is 0 Å². The first-order valence-electron chi connectivity index (χ1n) is 15.4. The third kappa shape index (κ3) is 6.04. The molecule has 2 heterocycles. The van der Waals surface area contributed by atoms with Gasteiger partial charge in [-0.25, -0.2) is 24.9 Å². The summed E-state index contributed by atoms with van der Waals surface area (Å²) in [6.45, 7) is 7.87. The molecule has 0 aliphatic carbocycles. The molecule has 2 aromatic heterocycles. The average Bonchev–Trinajstić information content (AvgIpc) is 3.18. The molecule has 226 valence electrons. The fourth-order valence-corrected chi connectivity index (χ4v) is 5.50. The van der Waals surface area contributed by atoms with Crippen LogP contribution in [-0.2, 0) is 0 Å². The lowest BCUT2D eigenvalue weighted by atomic mass is 10.00. The molecule has 0 spiro atoms. The van der Waals surface area contributed by atoms with Crippen LogP contribution in [0.15, 0.2) is 147 Å². The van der Waals surface area contributed by atoms with Crippen molar-refractivity contribution in [2.24, 2.45) is 0 Å². The Hall–Kier alpha value is -6.84. The fraction of sp³-hybridized carbons (Fsp3) is 0. The van der Waals surface area contributed by atoms with E-state index in [9.17, 15) is 5.26 Å². The Morgan fingerprint density at radius 3 is 1.40 bits per heavy atom. The summed E-state index contributed by atoms with van der Waals surface area (Å²) in [7, 11) is 0. The minimum absolute atomic E-state index is 0.528. The van der Waals surface area contributed by atoms with Gasteiger partial charge in [0.15, 0.2) is 17.5 Å². The van der Waals surface area contributed by atoms with E-state index in [-0.39, 0.29) is 0 Å². The number of nitriles is 1. The molecule has 7 rings (SSSR count). The molecular formula is C42H28N6. The summed E-state index contributed by atoms with van der Waals surface area (Å²) in [5, 5.41) is 9.58. The maximum Gasteiger partial charge on any atom is 0.164 e. The van der Waals surface area contributed by atoms with Gasteiger partial charge in [0, 0.05) is 27.8 Å². The van der Waals surface area contributed by atoms with Gasteiger partial charge in [0.1, 0.15) is 0 Å². The maximum atomic E-state index is 9.58. The van der Waals surface area contributed by atoms with Gasteiger partial charge in [-0.05, 0) is 41.5 Å². The van der Waals surface area contributed by atoms with Crippen molar-refractivity contribution >= 4 is 12.2 Å². The normalized spacial score (nSPS) is 10.6. The first-order chi connectivity index (χ1) is 23.6. The molecule has 6 heteroatoms. The largest absolute Gasteiger partial charge is 0.244 e. The third-order valence-corrected chi connectivity index (χ3v) is 7.91. The molecule has 0 saturated heterocycles. The highest BCUT2D eigenvalue weighted by molar-refractivity contribution is 5.82. The van der Waals surface area contributed by atoms with Crippen molar-refractivity contribution in [3.8, 4) is 73.9 Å². The summed E-state index contributed by atoms with van der Waals surface area (Å²) in [5.74, 6) is 1.67. The molecule has 0 N–H and O–H groups in total. The van der Waals surface area contributed by atoms with Gasteiger partial charge >= 0.3 is 0 Å². The highest BCUT2D eigenvalue weighted by atomic mass is 15.0. The number of benzene rings is 5. The highest BCUT2D eigenvalue weighted by Crippen LogP contribution is 2.34. The number of hydrogen-bond donors (Lipinski definition) is 0. The molecule has 7 aromatic rings. The van der Waals surface area contributed by atoms with Crippen LogP contribution < -0.4 is 0 Å². The van der Waals surface area contributed by atoms with Gasteiger partial charge in [-0.1, -0.05) is 128 Å². The van der Waals surface area contributed by atoms with Crippen LogP contribution in [0, 0.1) is 11.3 Å². The SMILES string of the molecule is C=Cc1nc(-c2cccc(C#N)c2)c(-c2cccc(-c3nc(-c4ccccc4)nc(-c4ccc(-c5ccccc5)cc4)n3)c2)nc1C=C. The lowest BCUT2D eigenvalue weighted by Gasteiger charge is -2.13. The Morgan fingerprint density at radius 1 is 0.417 bits per heavy atom. The smallest absolute Gasteiger partial charge is 0.164 e. The number of rotatable bonds is 8. The summed E-state index contributed by atoms with van der Waals surface area (Å²) in [4.78, 5) is 24.7.